The number of aryl methyl sites for hydroxylation is 1. The standard InChI is InChI=1S/C23H24N4O5/c1-14-8-7-11-17(15(14)2)24-18-10-6-5-9-16(18)22(30)32-13-20(28)25-19-12-21(29)27(4)23(31)26(19)3/h5-12,24H,13H2,1-4H3,(H,25,28). The average Bonchev–Trinajstić information content (AvgIpc) is 2.78. The highest BCUT2D eigenvalue weighted by Crippen LogP contribution is 2.25. The summed E-state index contributed by atoms with van der Waals surface area (Å²) in [6.45, 7) is 3.39. The minimum Gasteiger partial charge on any atom is -0.452 e. The van der Waals surface area contributed by atoms with Crippen molar-refractivity contribution in [1.82, 2.24) is 9.13 Å². The number of carbonyl (C=O) groups is 2. The Hall–Kier alpha value is -4.14. The number of para-hydroxylation sites is 1. The molecule has 3 aromatic rings. The number of anilines is 3. The molecule has 32 heavy (non-hydrogen) atoms. The number of aromatic nitrogens is 2. The molecule has 0 saturated carbocycles. The summed E-state index contributed by atoms with van der Waals surface area (Å²) in [5.41, 5.74) is 2.67. The molecular weight excluding hydrogens is 412 g/mol. The number of rotatable bonds is 6. The van der Waals surface area contributed by atoms with Crippen molar-refractivity contribution in [2.45, 2.75) is 13.8 Å². The minimum atomic E-state index is -0.688. The van der Waals surface area contributed by atoms with E-state index in [-0.39, 0.29) is 11.4 Å². The summed E-state index contributed by atoms with van der Waals surface area (Å²) in [7, 11) is 2.75. The van der Waals surface area contributed by atoms with Gasteiger partial charge in [-0.3, -0.25) is 18.7 Å². The van der Waals surface area contributed by atoms with E-state index in [9.17, 15) is 19.2 Å². The SMILES string of the molecule is Cc1cccc(Nc2ccccc2C(=O)OCC(=O)Nc2cc(=O)n(C)c(=O)n2C)c1C. The minimum absolute atomic E-state index is 0.0103. The summed E-state index contributed by atoms with van der Waals surface area (Å²) >= 11 is 0. The van der Waals surface area contributed by atoms with Crippen molar-refractivity contribution in [3.63, 3.8) is 0 Å². The summed E-state index contributed by atoms with van der Waals surface area (Å²) in [6, 6.07) is 13.8. The maximum absolute atomic E-state index is 12.6. The highest BCUT2D eigenvalue weighted by atomic mass is 16.5. The Bertz CT molecular complexity index is 1310. The van der Waals surface area contributed by atoms with E-state index in [1.165, 1.54) is 14.1 Å². The van der Waals surface area contributed by atoms with Crippen LogP contribution in [0.2, 0.25) is 0 Å². The van der Waals surface area contributed by atoms with Crippen molar-refractivity contribution in [2.24, 2.45) is 14.1 Å². The van der Waals surface area contributed by atoms with Crippen LogP contribution in [0.5, 0.6) is 0 Å². The Kier molecular flexibility index (Phi) is 6.58. The molecule has 0 spiro atoms. The zero-order chi connectivity index (χ0) is 23.4. The molecule has 0 saturated heterocycles. The van der Waals surface area contributed by atoms with Gasteiger partial charge >= 0.3 is 11.7 Å². The predicted octanol–water partition coefficient (Wildman–Crippen LogP) is 2.24. The zero-order valence-corrected chi connectivity index (χ0v) is 18.3. The summed E-state index contributed by atoms with van der Waals surface area (Å²) in [5.74, 6) is -1.36. The second-order valence-corrected chi connectivity index (χ2v) is 7.31. The summed E-state index contributed by atoms with van der Waals surface area (Å²) in [4.78, 5) is 48.6. The van der Waals surface area contributed by atoms with E-state index in [0.717, 1.165) is 32.0 Å². The van der Waals surface area contributed by atoms with Crippen LogP contribution in [0, 0.1) is 13.8 Å². The molecule has 9 nitrogen and oxygen atoms in total. The molecule has 1 amide bonds. The van der Waals surface area contributed by atoms with Gasteiger partial charge in [-0.25, -0.2) is 9.59 Å². The topological polar surface area (TPSA) is 111 Å². The number of amides is 1. The fourth-order valence-electron chi connectivity index (χ4n) is 3.04. The number of hydrogen-bond acceptors (Lipinski definition) is 6. The molecule has 2 aromatic carbocycles. The van der Waals surface area contributed by atoms with E-state index in [1.807, 2.05) is 32.0 Å². The largest absolute Gasteiger partial charge is 0.452 e. The molecule has 0 aliphatic heterocycles. The summed E-state index contributed by atoms with van der Waals surface area (Å²) < 4.78 is 7.18. The summed E-state index contributed by atoms with van der Waals surface area (Å²) in [6.07, 6.45) is 0. The van der Waals surface area contributed by atoms with Gasteiger partial charge in [-0.05, 0) is 43.2 Å². The number of benzene rings is 2. The highest BCUT2D eigenvalue weighted by Gasteiger charge is 2.16. The first-order valence-corrected chi connectivity index (χ1v) is 9.85. The monoisotopic (exact) mass is 436 g/mol. The molecule has 9 heteroatoms. The Morgan fingerprint density at radius 2 is 1.62 bits per heavy atom. The molecule has 166 valence electrons. The van der Waals surface area contributed by atoms with Gasteiger partial charge in [0.05, 0.1) is 11.3 Å². The van der Waals surface area contributed by atoms with Crippen LogP contribution in [0.4, 0.5) is 17.2 Å². The maximum Gasteiger partial charge on any atom is 0.340 e. The molecule has 1 aromatic heterocycles. The van der Waals surface area contributed by atoms with E-state index in [0.29, 0.717) is 5.69 Å². The fraction of sp³-hybridized carbons (Fsp3) is 0.217. The molecule has 2 N–H and O–H groups in total. The smallest absolute Gasteiger partial charge is 0.340 e. The van der Waals surface area contributed by atoms with Gasteiger partial charge in [0, 0.05) is 25.8 Å². The normalized spacial score (nSPS) is 10.5. The third-order valence-electron chi connectivity index (χ3n) is 5.15. The second kappa shape index (κ2) is 9.34. The van der Waals surface area contributed by atoms with Crippen molar-refractivity contribution < 1.29 is 14.3 Å². The van der Waals surface area contributed by atoms with Crippen molar-refractivity contribution in [3.8, 4) is 0 Å². The first kappa shape index (κ1) is 22.5. The van der Waals surface area contributed by atoms with Crippen molar-refractivity contribution in [2.75, 3.05) is 17.2 Å². The molecule has 0 bridgehead atoms. The molecule has 0 aliphatic carbocycles. The highest BCUT2D eigenvalue weighted by molar-refractivity contribution is 5.99. The Balaban J connectivity index is 1.71. The van der Waals surface area contributed by atoms with E-state index < -0.39 is 29.7 Å². The molecule has 0 fully saturated rings. The van der Waals surface area contributed by atoms with E-state index >= 15 is 0 Å². The molecule has 0 atom stereocenters. The van der Waals surface area contributed by atoms with Crippen LogP contribution in [-0.2, 0) is 23.6 Å². The van der Waals surface area contributed by atoms with Crippen LogP contribution in [0.1, 0.15) is 21.5 Å². The predicted molar refractivity (Wildman–Crippen MR) is 121 cm³/mol. The lowest BCUT2D eigenvalue weighted by Gasteiger charge is -2.15. The van der Waals surface area contributed by atoms with Gasteiger partial charge in [0.2, 0.25) is 0 Å². The van der Waals surface area contributed by atoms with Gasteiger partial charge in [0.15, 0.2) is 6.61 Å². The van der Waals surface area contributed by atoms with Crippen LogP contribution in [0.25, 0.3) is 0 Å². The number of nitrogens with zero attached hydrogens (tertiary/aromatic N) is 2. The van der Waals surface area contributed by atoms with Gasteiger partial charge in [0.25, 0.3) is 11.5 Å². The lowest BCUT2D eigenvalue weighted by atomic mass is 10.1. The first-order valence-electron chi connectivity index (χ1n) is 9.85. The molecule has 3 rings (SSSR count). The van der Waals surface area contributed by atoms with Crippen LogP contribution >= 0.6 is 0 Å². The number of carbonyl (C=O) groups excluding carboxylic acids is 2. The number of esters is 1. The lowest BCUT2D eigenvalue weighted by Crippen LogP contribution is -2.38. The van der Waals surface area contributed by atoms with Crippen LogP contribution in [0.15, 0.2) is 58.1 Å². The Labute approximate surface area is 184 Å². The van der Waals surface area contributed by atoms with E-state index in [2.05, 4.69) is 10.6 Å². The van der Waals surface area contributed by atoms with Gasteiger partial charge in [-0.15, -0.1) is 0 Å². The maximum atomic E-state index is 12.6. The Morgan fingerprint density at radius 1 is 0.938 bits per heavy atom. The molecule has 1 heterocycles. The van der Waals surface area contributed by atoms with Crippen LogP contribution < -0.4 is 21.9 Å². The quantitative estimate of drug-likeness (QED) is 0.574. The average molecular weight is 436 g/mol. The number of ether oxygens (including phenoxy) is 1. The van der Waals surface area contributed by atoms with Gasteiger partial charge < -0.3 is 15.4 Å². The molecular formula is C23H24N4O5. The molecule has 0 aliphatic rings. The van der Waals surface area contributed by atoms with Crippen LogP contribution in [-0.4, -0.2) is 27.6 Å². The zero-order valence-electron chi connectivity index (χ0n) is 18.3. The third-order valence-corrected chi connectivity index (χ3v) is 5.15. The van der Waals surface area contributed by atoms with Gasteiger partial charge in [0.1, 0.15) is 5.82 Å². The third kappa shape index (κ3) is 4.77. The lowest BCUT2D eigenvalue weighted by molar-refractivity contribution is -0.119. The van der Waals surface area contributed by atoms with Gasteiger partial charge in [-0.1, -0.05) is 24.3 Å². The molecule has 0 radical (unpaired) electrons. The summed E-state index contributed by atoms with van der Waals surface area (Å²) in [5, 5.41) is 5.65. The second-order valence-electron chi connectivity index (χ2n) is 7.31. The van der Waals surface area contributed by atoms with E-state index in [4.69, 9.17) is 4.74 Å². The van der Waals surface area contributed by atoms with Crippen molar-refractivity contribution in [1.29, 1.82) is 0 Å². The Morgan fingerprint density at radius 3 is 2.38 bits per heavy atom. The van der Waals surface area contributed by atoms with Crippen LogP contribution in [0.3, 0.4) is 0 Å². The van der Waals surface area contributed by atoms with Gasteiger partial charge in [-0.2, -0.15) is 0 Å². The number of nitrogens with one attached hydrogen (secondary N) is 2. The fourth-order valence-corrected chi connectivity index (χ4v) is 3.04. The first-order chi connectivity index (χ1) is 15.2. The van der Waals surface area contributed by atoms with E-state index in [1.54, 1.807) is 24.3 Å². The van der Waals surface area contributed by atoms with Crippen molar-refractivity contribution >= 4 is 29.1 Å². The van der Waals surface area contributed by atoms with Crippen molar-refractivity contribution in [3.05, 3.63) is 86.1 Å². The number of hydrogen-bond donors (Lipinski definition) is 2. The molecule has 0 unspecified atom stereocenters.